The molecule has 0 radical (unpaired) electrons. The van der Waals surface area contributed by atoms with E-state index < -0.39 is 5.25 Å². The fraction of sp³-hybridized carbons (Fsp3) is 0.0455. The summed E-state index contributed by atoms with van der Waals surface area (Å²) in [4.78, 5) is 22.3. The van der Waals surface area contributed by atoms with E-state index in [0.717, 1.165) is 16.6 Å². The maximum absolute atomic E-state index is 13.2. The van der Waals surface area contributed by atoms with Gasteiger partial charge in [0.15, 0.2) is 11.6 Å². The number of anilines is 1. The smallest absolute Gasteiger partial charge is 0.180 e. The second kappa shape index (κ2) is 7.60. The molecular formula is C22H17N3OS. The molecule has 1 aromatic heterocycles. The van der Waals surface area contributed by atoms with Crippen LogP contribution in [-0.2, 0) is 0 Å². The SMILES string of the molecule is Nc1nc2ccccc2nc1SC(C(=O)c1ccccc1)c1ccccc1. The molecule has 0 saturated heterocycles. The number of rotatable bonds is 5. The summed E-state index contributed by atoms with van der Waals surface area (Å²) < 4.78 is 0. The van der Waals surface area contributed by atoms with Crippen molar-refractivity contribution in [1.29, 1.82) is 0 Å². The highest BCUT2D eigenvalue weighted by atomic mass is 32.2. The van der Waals surface area contributed by atoms with Gasteiger partial charge < -0.3 is 5.73 Å². The van der Waals surface area contributed by atoms with Gasteiger partial charge in [-0.15, -0.1) is 0 Å². The Labute approximate surface area is 161 Å². The molecule has 3 aromatic carbocycles. The average Bonchev–Trinajstić information content (AvgIpc) is 2.73. The lowest BCUT2D eigenvalue weighted by molar-refractivity contribution is 0.0989. The summed E-state index contributed by atoms with van der Waals surface area (Å²) in [6.07, 6.45) is 0. The molecule has 5 heteroatoms. The van der Waals surface area contributed by atoms with Crippen molar-refractivity contribution in [2.24, 2.45) is 0 Å². The van der Waals surface area contributed by atoms with Crippen LogP contribution >= 0.6 is 11.8 Å². The van der Waals surface area contributed by atoms with Gasteiger partial charge in [0.2, 0.25) is 0 Å². The maximum Gasteiger partial charge on any atom is 0.180 e. The van der Waals surface area contributed by atoms with Gasteiger partial charge in [-0.25, -0.2) is 9.97 Å². The first-order valence-electron chi connectivity index (χ1n) is 8.55. The highest BCUT2D eigenvalue weighted by molar-refractivity contribution is 8.00. The van der Waals surface area contributed by atoms with Crippen molar-refractivity contribution in [3.8, 4) is 0 Å². The van der Waals surface area contributed by atoms with E-state index in [-0.39, 0.29) is 5.78 Å². The average molecular weight is 371 g/mol. The van der Waals surface area contributed by atoms with Gasteiger partial charge in [-0.05, 0) is 17.7 Å². The highest BCUT2D eigenvalue weighted by Crippen LogP contribution is 2.39. The van der Waals surface area contributed by atoms with Gasteiger partial charge in [0.1, 0.15) is 5.03 Å². The van der Waals surface area contributed by atoms with E-state index in [9.17, 15) is 4.79 Å². The molecule has 0 aliphatic rings. The minimum atomic E-state index is -0.452. The molecule has 4 rings (SSSR count). The van der Waals surface area contributed by atoms with Crippen LogP contribution in [0.15, 0.2) is 90.0 Å². The molecular weight excluding hydrogens is 354 g/mol. The van der Waals surface area contributed by atoms with Crippen LogP contribution in [0, 0.1) is 0 Å². The molecule has 0 aliphatic carbocycles. The molecule has 1 atom stereocenters. The highest BCUT2D eigenvalue weighted by Gasteiger charge is 2.25. The number of nitrogens with two attached hydrogens (primary N) is 1. The number of Topliss-reactive ketones (excluding diaryl/α,β-unsaturated/α-hetero) is 1. The van der Waals surface area contributed by atoms with Crippen LogP contribution in [0.4, 0.5) is 5.82 Å². The van der Waals surface area contributed by atoms with E-state index in [1.165, 1.54) is 11.8 Å². The molecule has 4 aromatic rings. The zero-order chi connectivity index (χ0) is 18.6. The Hall–Kier alpha value is -3.18. The first-order chi connectivity index (χ1) is 13.2. The van der Waals surface area contributed by atoms with Gasteiger partial charge in [0.05, 0.1) is 16.3 Å². The van der Waals surface area contributed by atoms with Crippen LogP contribution in [0.5, 0.6) is 0 Å². The lowest BCUT2D eigenvalue weighted by Gasteiger charge is -2.16. The fourth-order valence-electron chi connectivity index (χ4n) is 2.85. The van der Waals surface area contributed by atoms with Crippen molar-refractivity contribution in [1.82, 2.24) is 9.97 Å². The summed E-state index contributed by atoms with van der Waals surface area (Å²) in [5.74, 6) is 0.349. The third-order valence-electron chi connectivity index (χ3n) is 4.19. The Morgan fingerprint density at radius 1 is 0.778 bits per heavy atom. The predicted molar refractivity (Wildman–Crippen MR) is 110 cm³/mol. The zero-order valence-corrected chi connectivity index (χ0v) is 15.3. The van der Waals surface area contributed by atoms with E-state index in [1.807, 2.05) is 84.9 Å². The van der Waals surface area contributed by atoms with Crippen LogP contribution in [0.25, 0.3) is 11.0 Å². The minimum Gasteiger partial charge on any atom is -0.381 e. The zero-order valence-electron chi connectivity index (χ0n) is 14.4. The van der Waals surface area contributed by atoms with E-state index in [0.29, 0.717) is 16.4 Å². The number of benzene rings is 3. The molecule has 0 fully saturated rings. The molecule has 0 bridgehead atoms. The molecule has 4 nitrogen and oxygen atoms in total. The predicted octanol–water partition coefficient (Wildman–Crippen LogP) is 4.93. The van der Waals surface area contributed by atoms with Gasteiger partial charge in [-0.2, -0.15) is 0 Å². The van der Waals surface area contributed by atoms with Gasteiger partial charge in [0.25, 0.3) is 0 Å². The third kappa shape index (κ3) is 3.68. The Morgan fingerprint density at radius 3 is 2.00 bits per heavy atom. The molecule has 0 saturated carbocycles. The van der Waals surface area contributed by atoms with Crippen LogP contribution in [0.3, 0.4) is 0 Å². The number of nitrogens with zero attached hydrogens (tertiary/aromatic N) is 2. The molecule has 0 aliphatic heterocycles. The van der Waals surface area contributed by atoms with Crippen molar-refractivity contribution >= 4 is 34.4 Å². The van der Waals surface area contributed by atoms with E-state index >= 15 is 0 Å². The van der Waals surface area contributed by atoms with Gasteiger partial charge in [-0.1, -0.05) is 84.6 Å². The van der Waals surface area contributed by atoms with Gasteiger partial charge in [0, 0.05) is 5.56 Å². The molecule has 0 amide bonds. The maximum atomic E-state index is 13.2. The molecule has 2 N–H and O–H groups in total. The third-order valence-corrected chi connectivity index (χ3v) is 5.44. The largest absolute Gasteiger partial charge is 0.381 e. The van der Waals surface area contributed by atoms with E-state index in [4.69, 9.17) is 5.73 Å². The summed E-state index contributed by atoms with van der Waals surface area (Å²) in [5.41, 5.74) is 9.21. The number of hydrogen-bond donors (Lipinski definition) is 1. The Kier molecular flexibility index (Phi) is 4.85. The first-order valence-corrected chi connectivity index (χ1v) is 9.43. The number of para-hydroxylation sites is 2. The minimum absolute atomic E-state index is 0.0150. The Morgan fingerprint density at radius 2 is 1.33 bits per heavy atom. The quantitative estimate of drug-likeness (QED) is 0.398. The first kappa shape index (κ1) is 17.2. The normalized spacial score (nSPS) is 12.0. The topological polar surface area (TPSA) is 68.9 Å². The van der Waals surface area contributed by atoms with E-state index in [1.54, 1.807) is 0 Å². The fourth-order valence-corrected chi connectivity index (χ4v) is 3.93. The van der Waals surface area contributed by atoms with Gasteiger partial charge >= 0.3 is 0 Å². The number of hydrogen-bond acceptors (Lipinski definition) is 5. The summed E-state index contributed by atoms with van der Waals surface area (Å²) in [7, 11) is 0. The standard InChI is InChI=1S/C22H17N3OS/c23-21-22(25-18-14-8-7-13-17(18)24-21)27-20(16-11-5-2-6-12-16)19(26)15-9-3-1-4-10-15/h1-14,20H,(H2,23,24). The van der Waals surface area contributed by atoms with Crippen LogP contribution < -0.4 is 5.73 Å². The summed E-state index contributed by atoms with van der Waals surface area (Å²) in [6.45, 7) is 0. The van der Waals surface area contributed by atoms with Crippen LogP contribution in [-0.4, -0.2) is 15.8 Å². The number of nitrogen functional groups attached to an aromatic ring is 1. The second-order valence-electron chi connectivity index (χ2n) is 6.04. The number of thioether (sulfide) groups is 1. The number of fused-ring (bicyclic) bond motifs is 1. The lowest BCUT2D eigenvalue weighted by Crippen LogP contribution is -2.11. The summed E-state index contributed by atoms with van der Waals surface area (Å²) in [6, 6.07) is 26.5. The molecule has 1 unspecified atom stereocenters. The van der Waals surface area contributed by atoms with Crippen molar-refractivity contribution in [2.45, 2.75) is 10.3 Å². The number of aromatic nitrogens is 2. The Bertz CT molecular complexity index is 1080. The van der Waals surface area contributed by atoms with Crippen LogP contribution in [0.1, 0.15) is 21.2 Å². The Balaban J connectivity index is 1.76. The van der Waals surface area contributed by atoms with Crippen molar-refractivity contribution in [3.63, 3.8) is 0 Å². The van der Waals surface area contributed by atoms with Crippen molar-refractivity contribution in [3.05, 3.63) is 96.1 Å². The summed E-state index contributed by atoms with van der Waals surface area (Å²) >= 11 is 1.34. The lowest BCUT2D eigenvalue weighted by atomic mass is 10.0. The molecule has 27 heavy (non-hydrogen) atoms. The molecule has 0 spiro atoms. The van der Waals surface area contributed by atoms with Crippen molar-refractivity contribution in [2.75, 3.05) is 5.73 Å². The molecule has 132 valence electrons. The second-order valence-corrected chi connectivity index (χ2v) is 7.14. The van der Waals surface area contributed by atoms with Gasteiger partial charge in [-0.3, -0.25) is 4.79 Å². The van der Waals surface area contributed by atoms with Crippen molar-refractivity contribution < 1.29 is 4.79 Å². The number of carbonyl (C=O) groups excluding carboxylic acids is 1. The monoisotopic (exact) mass is 371 g/mol. The summed E-state index contributed by atoms with van der Waals surface area (Å²) in [5, 5.41) is 0.109. The number of carbonyl (C=O) groups is 1. The molecule has 1 heterocycles. The van der Waals surface area contributed by atoms with Crippen LogP contribution in [0.2, 0.25) is 0 Å². The number of ketones is 1. The van der Waals surface area contributed by atoms with E-state index in [2.05, 4.69) is 9.97 Å².